The quantitative estimate of drug-likeness (QED) is 0.329. The van der Waals surface area contributed by atoms with E-state index in [9.17, 15) is 4.79 Å². The fraction of sp³-hybridized carbons (Fsp3) is 0.241. The van der Waals surface area contributed by atoms with Crippen molar-refractivity contribution in [2.24, 2.45) is 4.99 Å². The Morgan fingerprint density at radius 2 is 1.90 bits per heavy atom. The normalized spacial score (nSPS) is 18.3. The van der Waals surface area contributed by atoms with Gasteiger partial charge in [-0.05, 0) is 42.3 Å². The number of hydrogen-bond donors (Lipinski definition) is 3. The van der Waals surface area contributed by atoms with Crippen LogP contribution >= 0.6 is 11.6 Å². The lowest BCUT2D eigenvalue weighted by Gasteiger charge is -2.27. The Balaban J connectivity index is 1.24. The van der Waals surface area contributed by atoms with Crippen LogP contribution < -0.4 is 21.5 Å². The number of pyridine rings is 1. The Morgan fingerprint density at radius 3 is 2.62 bits per heavy atom. The molecule has 4 aromatic rings. The van der Waals surface area contributed by atoms with Gasteiger partial charge >= 0.3 is 0 Å². The highest BCUT2D eigenvalue weighted by atomic mass is 35.5. The number of ether oxygens (including phenoxy) is 1. The Bertz CT molecular complexity index is 1570. The zero-order valence-corrected chi connectivity index (χ0v) is 22.2. The molecule has 1 fully saturated rings. The summed E-state index contributed by atoms with van der Waals surface area (Å²) in [4.78, 5) is 26.4. The minimum absolute atomic E-state index is 0.0655. The van der Waals surface area contributed by atoms with Crippen molar-refractivity contribution in [3.8, 4) is 22.3 Å². The number of nitrogens with one attached hydrogen (secondary N) is 3. The maximum atomic E-state index is 13.6. The van der Waals surface area contributed by atoms with Gasteiger partial charge in [0.25, 0.3) is 5.56 Å². The van der Waals surface area contributed by atoms with E-state index in [0.717, 1.165) is 41.0 Å². The van der Waals surface area contributed by atoms with Gasteiger partial charge in [0.1, 0.15) is 12.1 Å². The first-order valence-corrected chi connectivity index (χ1v) is 13.3. The smallest absolute Gasteiger partial charge is 0.260 e. The Hall–Kier alpha value is -4.05. The van der Waals surface area contributed by atoms with Gasteiger partial charge in [-0.15, -0.1) is 0 Å². The van der Waals surface area contributed by atoms with Gasteiger partial charge in [0, 0.05) is 71.2 Å². The van der Waals surface area contributed by atoms with E-state index in [-0.39, 0.29) is 11.7 Å². The average Bonchev–Trinajstić information content (AvgIpc) is 2.98. The van der Waals surface area contributed by atoms with Crippen LogP contribution in [0.1, 0.15) is 24.2 Å². The van der Waals surface area contributed by atoms with Gasteiger partial charge in [0.15, 0.2) is 6.29 Å². The van der Waals surface area contributed by atoms with Crippen LogP contribution in [0.5, 0.6) is 0 Å². The summed E-state index contributed by atoms with van der Waals surface area (Å²) in [5, 5.41) is 10.6. The van der Waals surface area contributed by atoms with Crippen molar-refractivity contribution in [3.05, 3.63) is 93.8 Å². The molecule has 2 aromatic carbocycles. The zero-order valence-electron chi connectivity index (χ0n) is 21.4. The molecule has 4 heterocycles. The van der Waals surface area contributed by atoms with E-state index >= 15 is 0 Å². The van der Waals surface area contributed by atoms with Crippen molar-refractivity contribution < 1.29 is 4.74 Å². The van der Waals surface area contributed by atoms with E-state index < -0.39 is 6.29 Å². The molecule has 1 saturated heterocycles. The van der Waals surface area contributed by atoms with E-state index in [0.29, 0.717) is 35.1 Å². The van der Waals surface area contributed by atoms with Gasteiger partial charge in [0.2, 0.25) is 0 Å². The molecule has 3 N–H and O–H groups in total. The lowest BCUT2D eigenvalue weighted by molar-refractivity contribution is 0.0277. The summed E-state index contributed by atoms with van der Waals surface area (Å²) in [7, 11) is 0. The minimum Gasteiger partial charge on any atom is -0.371 e. The SMILES string of the molecule is CCn1c2c(cc(-c3ccc(-c4cncnc4)cc3Cl)c1=O)C=NC(Nc1ccc(C3CNCCO3)cc1)N2. The monoisotopic (exact) mass is 541 g/mol. The fourth-order valence-corrected chi connectivity index (χ4v) is 5.21. The Morgan fingerprint density at radius 1 is 1.08 bits per heavy atom. The first-order valence-electron chi connectivity index (χ1n) is 12.9. The summed E-state index contributed by atoms with van der Waals surface area (Å²) >= 11 is 6.68. The van der Waals surface area contributed by atoms with Crippen LogP contribution in [-0.4, -0.2) is 46.7 Å². The van der Waals surface area contributed by atoms with Gasteiger partial charge in [-0.2, -0.15) is 0 Å². The summed E-state index contributed by atoms with van der Waals surface area (Å²) in [6, 6.07) is 15.6. The number of anilines is 2. The molecule has 0 aliphatic carbocycles. The van der Waals surface area contributed by atoms with Crippen LogP contribution in [0.15, 0.2) is 77.0 Å². The van der Waals surface area contributed by atoms with Gasteiger partial charge in [-0.25, -0.2) is 15.0 Å². The molecule has 0 saturated carbocycles. The minimum atomic E-state index is -0.421. The second kappa shape index (κ2) is 11.0. The van der Waals surface area contributed by atoms with Crippen LogP contribution in [0.4, 0.5) is 11.5 Å². The number of morpholine rings is 1. The van der Waals surface area contributed by atoms with Crippen molar-refractivity contribution in [1.82, 2.24) is 19.9 Å². The number of rotatable bonds is 6. The van der Waals surface area contributed by atoms with E-state index in [2.05, 4.69) is 43.0 Å². The summed E-state index contributed by atoms with van der Waals surface area (Å²) < 4.78 is 7.56. The van der Waals surface area contributed by atoms with Crippen LogP contribution in [-0.2, 0) is 11.3 Å². The maximum Gasteiger partial charge on any atom is 0.260 e. The van der Waals surface area contributed by atoms with Gasteiger partial charge in [-0.1, -0.05) is 35.9 Å². The lowest BCUT2D eigenvalue weighted by atomic mass is 10.0. The molecular formula is C29H28ClN7O2. The third-order valence-electron chi connectivity index (χ3n) is 6.94. The molecular weight excluding hydrogens is 514 g/mol. The van der Waals surface area contributed by atoms with E-state index in [4.69, 9.17) is 16.3 Å². The number of fused-ring (bicyclic) bond motifs is 1. The molecule has 9 nitrogen and oxygen atoms in total. The highest BCUT2D eigenvalue weighted by Crippen LogP contribution is 2.32. The van der Waals surface area contributed by atoms with E-state index in [1.807, 2.05) is 43.3 Å². The third-order valence-corrected chi connectivity index (χ3v) is 7.25. The van der Waals surface area contributed by atoms with E-state index in [1.54, 1.807) is 23.2 Å². The number of halogens is 1. The second-order valence-electron chi connectivity index (χ2n) is 9.39. The molecule has 6 rings (SSSR count). The molecule has 2 aliphatic rings. The molecule has 198 valence electrons. The Kier molecular flexibility index (Phi) is 7.10. The predicted octanol–water partition coefficient (Wildman–Crippen LogP) is 4.55. The molecule has 2 unspecified atom stereocenters. The molecule has 10 heteroatoms. The molecule has 2 atom stereocenters. The molecule has 2 aliphatic heterocycles. The van der Waals surface area contributed by atoms with Crippen LogP contribution in [0.2, 0.25) is 5.02 Å². The van der Waals surface area contributed by atoms with Crippen LogP contribution in [0.3, 0.4) is 0 Å². The molecule has 2 aromatic heterocycles. The highest BCUT2D eigenvalue weighted by Gasteiger charge is 2.22. The van der Waals surface area contributed by atoms with E-state index in [1.165, 1.54) is 6.33 Å². The van der Waals surface area contributed by atoms with Gasteiger partial charge in [-0.3, -0.25) is 9.36 Å². The van der Waals surface area contributed by atoms with Crippen molar-refractivity contribution in [2.45, 2.75) is 25.9 Å². The summed E-state index contributed by atoms with van der Waals surface area (Å²) in [5.74, 6) is 0.714. The number of aliphatic imine (C=N–C) groups is 1. The van der Waals surface area contributed by atoms with Crippen molar-refractivity contribution in [3.63, 3.8) is 0 Å². The fourth-order valence-electron chi connectivity index (χ4n) is 4.93. The Labute approximate surface area is 231 Å². The zero-order chi connectivity index (χ0) is 26.8. The first-order chi connectivity index (χ1) is 19.1. The largest absolute Gasteiger partial charge is 0.371 e. The van der Waals surface area contributed by atoms with Crippen LogP contribution in [0, 0.1) is 0 Å². The third kappa shape index (κ3) is 5.16. The second-order valence-corrected chi connectivity index (χ2v) is 9.80. The topological polar surface area (TPSA) is 105 Å². The maximum absolute atomic E-state index is 13.6. The summed E-state index contributed by atoms with van der Waals surface area (Å²) in [5.41, 5.74) is 5.66. The first kappa shape index (κ1) is 25.2. The lowest BCUT2D eigenvalue weighted by Crippen LogP contribution is -2.35. The standard InChI is InChI=1S/C29H28ClN7O2/c1-2-37-27-20(11-24(28(37)38)23-8-5-19(12-25(23)30)21-13-32-17-33-14-21)15-34-29(36-27)35-22-6-3-18(4-7-22)26-16-31-9-10-39-26/h3-8,11-15,17,26,29,31,35-36H,2,9-10,16H2,1H3. The van der Waals surface area contributed by atoms with Crippen molar-refractivity contribution >= 4 is 29.3 Å². The number of nitrogens with zero attached hydrogens (tertiary/aromatic N) is 4. The average molecular weight is 542 g/mol. The highest BCUT2D eigenvalue weighted by molar-refractivity contribution is 6.33. The predicted molar refractivity (Wildman–Crippen MR) is 154 cm³/mol. The van der Waals surface area contributed by atoms with Crippen LogP contribution in [0.25, 0.3) is 22.3 Å². The number of benzene rings is 2. The molecule has 0 amide bonds. The van der Waals surface area contributed by atoms with Gasteiger partial charge in [0.05, 0.1) is 12.7 Å². The van der Waals surface area contributed by atoms with Gasteiger partial charge < -0.3 is 20.7 Å². The van der Waals surface area contributed by atoms with Crippen molar-refractivity contribution in [2.75, 3.05) is 30.3 Å². The molecule has 39 heavy (non-hydrogen) atoms. The number of aromatic nitrogens is 3. The summed E-state index contributed by atoms with van der Waals surface area (Å²) in [6.45, 7) is 4.85. The number of hydrogen-bond acceptors (Lipinski definition) is 8. The summed E-state index contributed by atoms with van der Waals surface area (Å²) in [6.07, 6.45) is 6.37. The molecule has 0 spiro atoms. The molecule has 0 radical (unpaired) electrons. The molecule has 0 bridgehead atoms. The van der Waals surface area contributed by atoms with Crippen molar-refractivity contribution in [1.29, 1.82) is 0 Å².